The molecule has 3 rings (SSSR count). The number of carbonyl (C=O) groups is 3. The lowest BCUT2D eigenvalue weighted by atomic mass is 10.1. The number of rotatable bonds is 5. The van der Waals surface area contributed by atoms with E-state index in [1.807, 2.05) is 6.07 Å². The van der Waals surface area contributed by atoms with E-state index in [1.165, 1.54) is 6.20 Å². The number of amides is 3. The first-order valence-electron chi connectivity index (χ1n) is 7.56. The molecule has 26 heavy (non-hydrogen) atoms. The number of aromatic nitrogens is 1. The molecule has 130 valence electrons. The summed E-state index contributed by atoms with van der Waals surface area (Å²) in [4.78, 5) is 39.5. The number of nitrogens with zero attached hydrogens (tertiary/aromatic N) is 1. The Hall–Kier alpha value is -3.52. The van der Waals surface area contributed by atoms with Gasteiger partial charge in [0.15, 0.2) is 5.13 Å². The number of thiazole rings is 1. The Bertz CT molecular complexity index is 952. The third-order valence-corrected chi connectivity index (χ3v) is 4.34. The second-order valence-electron chi connectivity index (χ2n) is 5.25. The van der Waals surface area contributed by atoms with E-state index in [-0.39, 0.29) is 21.8 Å². The molecule has 3 aromatic rings. The maximum atomic E-state index is 12.2. The van der Waals surface area contributed by atoms with Crippen molar-refractivity contribution in [3.05, 3.63) is 76.8 Å². The van der Waals surface area contributed by atoms with Crippen LogP contribution in [0, 0.1) is 0 Å². The van der Waals surface area contributed by atoms with Crippen molar-refractivity contribution in [2.45, 2.75) is 0 Å². The minimum atomic E-state index is -0.596. The average molecular weight is 366 g/mol. The first-order chi connectivity index (χ1) is 12.5. The number of anilines is 2. The van der Waals surface area contributed by atoms with Crippen LogP contribution in [-0.4, -0.2) is 22.7 Å². The molecule has 0 unspecified atom stereocenters. The van der Waals surface area contributed by atoms with Gasteiger partial charge in [-0.2, -0.15) is 0 Å². The van der Waals surface area contributed by atoms with Gasteiger partial charge >= 0.3 is 0 Å². The number of hydrogen-bond donors (Lipinski definition) is 3. The average Bonchev–Trinajstić information content (AvgIpc) is 3.12. The molecule has 0 radical (unpaired) electrons. The summed E-state index contributed by atoms with van der Waals surface area (Å²) in [5.41, 5.74) is 6.65. The molecule has 0 fully saturated rings. The molecule has 0 aliphatic heterocycles. The molecule has 7 nitrogen and oxygen atoms in total. The van der Waals surface area contributed by atoms with Crippen LogP contribution in [0.5, 0.6) is 0 Å². The molecule has 4 N–H and O–H groups in total. The van der Waals surface area contributed by atoms with Crippen molar-refractivity contribution in [2.75, 3.05) is 10.6 Å². The summed E-state index contributed by atoms with van der Waals surface area (Å²) >= 11 is 0.999. The monoisotopic (exact) mass is 366 g/mol. The Balaban J connectivity index is 1.64. The van der Waals surface area contributed by atoms with Gasteiger partial charge in [-0.15, -0.1) is 0 Å². The van der Waals surface area contributed by atoms with Crippen LogP contribution in [0.1, 0.15) is 30.4 Å². The Morgan fingerprint density at radius 1 is 0.846 bits per heavy atom. The fourth-order valence-corrected chi connectivity index (χ4v) is 2.78. The molecule has 0 aliphatic carbocycles. The van der Waals surface area contributed by atoms with Crippen LogP contribution in [-0.2, 0) is 0 Å². The highest BCUT2D eigenvalue weighted by Gasteiger charge is 2.12. The largest absolute Gasteiger partial charge is 0.365 e. The summed E-state index contributed by atoms with van der Waals surface area (Å²) < 4.78 is 0. The van der Waals surface area contributed by atoms with Gasteiger partial charge in [-0.3, -0.25) is 19.7 Å². The van der Waals surface area contributed by atoms with Crippen LogP contribution in [0.4, 0.5) is 10.8 Å². The normalized spacial score (nSPS) is 10.2. The van der Waals surface area contributed by atoms with Gasteiger partial charge in [0, 0.05) is 16.8 Å². The van der Waals surface area contributed by atoms with Gasteiger partial charge in [-0.25, -0.2) is 4.98 Å². The van der Waals surface area contributed by atoms with Gasteiger partial charge in [0.2, 0.25) is 0 Å². The third kappa shape index (κ3) is 4.11. The molecule has 2 aromatic carbocycles. The van der Waals surface area contributed by atoms with Gasteiger partial charge in [0.05, 0.1) is 6.20 Å². The topological polar surface area (TPSA) is 114 Å². The van der Waals surface area contributed by atoms with E-state index < -0.39 is 5.91 Å². The van der Waals surface area contributed by atoms with Gasteiger partial charge in [-0.05, 0) is 36.4 Å². The van der Waals surface area contributed by atoms with E-state index >= 15 is 0 Å². The summed E-state index contributed by atoms with van der Waals surface area (Å²) in [5, 5.41) is 5.63. The van der Waals surface area contributed by atoms with Crippen LogP contribution < -0.4 is 16.4 Å². The van der Waals surface area contributed by atoms with Gasteiger partial charge in [0.25, 0.3) is 17.7 Å². The minimum Gasteiger partial charge on any atom is -0.365 e. The molecular formula is C18H14N4O3S. The molecule has 3 amide bonds. The zero-order chi connectivity index (χ0) is 18.5. The predicted molar refractivity (Wildman–Crippen MR) is 99.4 cm³/mol. The second-order valence-corrected chi connectivity index (χ2v) is 6.28. The van der Waals surface area contributed by atoms with Gasteiger partial charge in [0.1, 0.15) is 4.88 Å². The molecule has 0 spiro atoms. The van der Waals surface area contributed by atoms with Crippen LogP contribution in [0.2, 0.25) is 0 Å². The van der Waals surface area contributed by atoms with Crippen LogP contribution in [0.15, 0.2) is 60.8 Å². The van der Waals surface area contributed by atoms with Crippen molar-refractivity contribution in [3.63, 3.8) is 0 Å². The number of nitrogens with two attached hydrogens (primary N) is 1. The zero-order valence-electron chi connectivity index (χ0n) is 13.4. The Labute approximate surface area is 152 Å². The molecule has 0 aliphatic rings. The Kier molecular flexibility index (Phi) is 5.04. The van der Waals surface area contributed by atoms with E-state index in [0.717, 1.165) is 11.3 Å². The van der Waals surface area contributed by atoms with Gasteiger partial charge < -0.3 is 11.1 Å². The van der Waals surface area contributed by atoms with Crippen molar-refractivity contribution in [1.29, 1.82) is 0 Å². The zero-order valence-corrected chi connectivity index (χ0v) is 14.2. The summed E-state index contributed by atoms with van der Waals surface area (Å²) in [7, 11) is 0. The molecule has 1 aromatic heterocycles. The number of primary amides is 1. The maximum Gasteiger partial charge on any atom is 0.260 e. The second kappa shape index (κ2) is 7.58. The lowest BCUT2D eigenvalue weighted by Gasteiger charge is -2.06. The summed E-state index contributed by atoms with van der Waals surface area (Å²) in [6, 6.07) is 15.3. The number of carbonyl (C=O) groups excluding carboxylic acids is 3. The quantitative estimate of drug-likeness (QED) is 0.644. The lowest BCUT2D eigenvalue weighted by molar-refractivity contribution is 0.0999. The third-order valence-electron chi connectivity index (χ3n) is 3.41. The standard InChI is InChI=1S/C18H14N4O3S/c19-15(23)14-10-20-18(26-14)22-17(25)12-6-8-13(9-7-12)21-16(24)11-4-2-1-3-5-11/h1-10H,(H2,19,23)(H,21,24)(H,20,22,25). The van der Waals surface area contributed by atoms with Crippen molar-refractivity contribution in [3.8, 4) is 0 Å². The molecule has 0 atom stereocenters. The van der Waals surface area contributed by atoms with Gasteiger partial charge in [-0.1, -0.05) is 29.5 Å². The van der Waals surface area contributed by atoms with Crippen LogP contribution in [0.25, 0.3) is 0 Å². The Morgan fingerprint density at radius 3 is 2.08 bits per heavy atom. The summed E-state index contributed by atoms with van der Waals surface area (Å²) in [6.45, 7) is 0. The van der Waals surface area contributed by atoms with E-state index in [0.29, 0.717) is 16.8 Å². The molecule has 8 heteroatoms. The van der Waals surface area contributed by atoms with Crippen molar-refractivity contribution in [2.24, 2.45) is 5.73 Å². The molecular weight excluding hydrogens is 352 g/mol. The van der Waals surface area contributed by atoms with Crippen LogP contribution >= 0.6 is 11.3 Å². The highest BCUT2D eigenvalue weighted by molar-refractivity contribution is 7.17. The maximum absolute atomic E-state index is 12.2. The summed E-state index contributed by atoms with van der Waals surface area (Å²) in [6.07, 6.45) is 1.31. The van der Waals surface area contributed by atoms with Crippen molar-refractivity contribution in [1.82, 2.24) is 4.98 Å². The molecule has 0 bridgehead atoms. The molecule has 1 heterocycles. The highest BCUT2D eigenvalue weighted by Crippen LogP contribution is 2.19. The molecule has 0 saturated carbocycles. The van der Waals surface area contributed by atoms with E-state index in [9.17, 15) is 14.4 Å². The highest BCUT2D eigenvalue weighted by atomic mass is 32.1. The number of benzene rings is 2. The Morgan fingerprint density at radius 2 is 1.46 bits per heavy atom. The first-order valence-corrected chi connectivity index (χ1v) is 8.38. The first kappa shape index (κ1) is 17.3. The minimum absolute atomic E-state index is 0.232. The number of nitrogens with one attached hydrogen (secondary N) is 2. The fourth-order valence-electron chi connectivity index (χ4n) is 2.11. The fraction of sp³-hybridized carbons (Fsp3) is 0. The van der Waals surface area contributed by atoms with E-state index in [2.05, 4.69) is 15.6 Å². The molecule has 0 saturated heterocycles. The smallest absolute Gasteiger partial charge is 0.260 e. The summed E-state index contributed by atoms with van der Waals surface area (Å²) in [5.74, 6) is -1.21. The predicted octanol–water partition coefficient (Wildman–Crippen LogP) is 2.75. The lowest BCUT2D eigenvalue weighted by Crippen LogP contribution is -2.13. The number of hydrogen-bond acceptors (Lipinski definition) is 5. The van der Waals surface area contributed by atoms with Crippen molar-refractivity contribution < 1.29 is 14.4 Å². The SMILES string of the molecule is NC(=O)c1cnc(NC(=O)c2ccc(NC(=O)c3ccccc3)cc2)s1. The van der Waals surface area contributed by atoms with Crippen molar-refractivity contribution >= 4 is 39.9 Å². The van der Waals surface area contributed by atoms with E-state index in [1.54, 1.807) is 48.5 Å². The van der Waals surface area contributed by atoms with E-state index in [4.69, 9.17) is 5.73 Å². The van der Waals surface area contributed by atoms with Crippen LogP contribution in [0.3, 0.4) is 0 Å².